The van der Waals surface area contributed by atoms with Gasteiger partial charge in [0.2, 0.25) is 0 Å². The van der Waals surface area contributed by atoms with Crippen molar-refractivity contribution in [3.8, 4) is 0 Å². The van der Waals surface area contributed by atoms with Gasteiger partial charge in [0.15, 0.2) is 6.29 Å². The molecule has 7 nitrogen and oxygen atoms in total. The standard InChI is InChI=1S/C20H28N2O5/c1-3-21(4-2)18-19(23)17(16-13-26-20(18)27-16)22(11-14-7-5-9-24-14)12-15-8-6-10-25-15/h5-10,16-20,23H,3-4,11-13H2,1-2H3/t16-,17-,18-,19+,20-/m1/s1. The molecular weight excluding hydrogens is 348 g/mol. The molecule has 2 bridgehead atoms. The van der Waals surface area contributed by atoms with Crippen LogP contribution >= 0.6 is 0 Å². The van der Waals surface area contributed by atoms with Gasteiger partial charge in [0.05, 0.1) is 50.4 Å². The summed E-state index contributed by atoms with van der Waals surface area (Å²) in [6, 6.07) is 7.23. The average molecular weight is 376 g/mol. The van der Waals surface area contributed by atoms with Crippen molar-refractivity contribution in [2.45, 2.75) is 57.5 Å². The summed E-state index contributed by atoms with van der Waals surface area (Å²) in [5.41, 5.74) is 0. The highest BCUT2D eigenvalue weighted by molar-refractivity contribution is 5.07. The fourth-order valence-electron chi connectivity index (χ4n) is 4.34. The molecule has 2 aliphatic heterocycles. The summed E-state index contributed by atoms with van der Waals surface area (Å²) in [5, 5.41) is 11.4. The van der Waals surface area contributed by atoms with E-state index >= 15 is 0 Å². The lowest BCUT2D eigenvalue weighted by Crippen LogP contribution is -2.64. The summed E-state index contributed by atoms with van der Waals surface area (Å²) in [7, 11) is 0. The SMILES string of the molecule is CCN(CC)[C@H]1[C@@H]2OC[C@@H](O2)[C@@H](N(Cc2ccco2)Cc2ccco2)[C@@H]1O. The van der Waals surface area contributed by atoms with Crippen LogP contribution in [0.1, 0.15) is 25.4 Å². The molecule has 1 N–H and O–H groups in total. The smallest absolute Gasteiger partial charge is 0.176 e. The first kappa shape index (κ1) is 18.7. The van der Waals surface area contributed by atoms with Gasteiger partial charge in [-0.2, -0.15) is 0 Å². The van der Waals surface area contributed by atoms with E-state index in [0.29, 0.717) is 19.7 Å². The number of rotatable bonds is 8. The van der Waals surface area contributed by atoms with E-state index in [1.165, 1.54) is 0 Å². The molecular formula is C20H28N2O5. The topological polar surface area (TPSA) is 71.5 Å². The first-order valence-electron chi connectivity index (χ1n) is 9.69. The van der Waals surface area contributed by atoms with E-state index in [4.69, 9.17) is 18.3 Å². The summed E-state index contributed by atoms with van der Waals surface area (Å²) in [6.07, 6.45) is 2.18. The van der Waals surface area contributed by atoms with E-state index in [-0.39, 0.29) is 24.5 Å². The Balaban J connectivity index is 1.62. The second kappa shape index (κ2) is 8.16. The number of likely N-dealkylation sites (N-methyl/N-ethyl adjacent to an activating group) is 1. The van der Waals surface area contributed by atoms with Crippen molar-refractivity contribution < 1.29 is 23.4 Å². The third-order valence-corrected chi connectivity index (χ3v) is 5.63. The van der Waals surface area contributed by atoms with E-state index in [1.54, 1.807) is 12.5 Å². The third-order valence-electron chi connectivity index (χ3n) is 5.63. The number of ether oxygens (including phenoxy) is 2. The third kappa shape index (κ3) is 3.70. The number of hydrogen-bond donors (Lipinski definition) is 1. The fourth-order valence-corrected chi connectivity index (χ4v) is 4.34. The molecule has 2 aromatic rings. The number of furan rings is 2. The molecule has 0 radical (unpaired) electrons. The maximum Gasteiger partial charge on any atom is 0.176 e. The van der Waals surface area contributed by atoms with Crippen LogP contribution in [0.3, 0.4) is 0 Å². The van der Waals surface area contributed by atoms with Crippen LogP contribution in [0, 0.1) is 0 Å². The first-order chi connectivity index (χ1) is 13.2. The van der Waals surface area contributed by atoms with Crippen LogP contribution in [-0.2, 0) is 22.6 Å². The second-order valence-electron chi connectivity index (χ2n) is 7.13. The Kier molecular flexibility index (Phi) is 5.66. The maximum absolute atomic E-state index is 11.4. The van der Waals surface area contributed by atoms with E-state index in [1.807, 2.05) is 24.3 Å². The van der Waals surface area contributed by atoms with Gasteiger partial charge in [0.25, 0.3) is 0 Å². The summed E-state index contributed by atoms with van der Waals surface area (Å²) in [5.74, 6) is 1.68. The molecule has 2 aliphatic rings. The minimum absolute atomic E-state index is 0.179. The van der Waals surface area contributed by atoms with Crippen LogP contribution in [0.25, 0.3) is 0 Å². The van der Waals surface area contributed by atoms with Gasteiger partial charge in [0, 0.05) is 0 Å². The van der Waals surface area contributed by atoms with Crippen LogP contribution < -0.4 is 0 Å². The zero-order chi connectivity index (χ0) is 18.8. The van der Waals surface area contributed by atoms with Gasteiger partial charge in [-0.1, -0.05) is 13.8 Å². The van der Waals surface area contributed by atoms with E-state index < -0.39 is 6.10 Å². The number of fused-ring (bicyclic) bond motifs is 2. The molecule has 27 heavy (non-hydrogen) atoms. The maximum atomic E-state index is 11.4. The predicted molar refractivity (Wildman–Crippen MR) is 97.8 cm³/mol. The number of aliphatic hydroxyl groups excluding tert-OH is 1. The summed E-state index contributed by atoms with van der Waals surface area (Å²) in [6.45, 7) is 7.45. The Morgan fingerprint density at radius 1 is 0.963 bits per heavy atom. The Morgan fingerprint density at radius 3 is 2.11 bits per heavy atom. The van der Waals surface area contributed by atoms with Gasteiger partial charge < -0.3 is 23.4 Å². The molecule has 2 aromatic heterocycles. The van der Waals surface area contributed by atoms with Crippen molar-refractivity contribution in [3.63, 3.8) is 0 Å². The van der Waals surface area contributed by atoms with E-state index in [2.05, 4.69) is 23.6 Å². The average Bonchev–Trinajstić information content (AvgIpc) is 3.42. The summed E-state index contributed by atoms with van der Waals surface area (Å²) < 4.78 is 23.2. The Labute approximate surface area is 159 Å². The minimum Gasteiger partial charge on any atom is -0.468 e. The molecule has 0 spiro atoms. The highest BCUT2D eigenvalue weighted by Crippen LogP contribution is 2.35. The van der Waals surface area contributed by atoms with Crippen LogP contribution in [0.5, 0.6) is 0 Å². The number of nitrogens with zero attached hydrogens (tertiary/aromatic N) is 2. The molecule has 2 fully saturated rings. The molecule has 4 rings (SSSR count). The Bertz CT molecular complexity index is 647. The molecule has 7 heteroatoms. The second-order valence-corrected chi connectivity index (χ2v) is 7.13. The molecule has 0 aliphatic carbocycles. The lowest BCUT2D eigenvalue weighted by atomic mass is 9.93. The molecule has 0 unspecified atom stereocenters. The van der Waals surface area contributed by atoms with E-state index in [9.17, 15) is 5.11 Å². The van der Waals surface area contributed by atoms with Crippen molar-refractivity contribution in [1.82, 2.24) is 9.80 Å². The minimum atomic E-state index is -0.596. The quantitative estimate of drug-likeness (QED) is 0.756. The van der Waals surface area contributed by atoms with Crippen molar-refractivity contribution in [3.05, 3.63) is 48.3 Å². The predicted octanol–water partition coefficient (Wildman–Crippen LogP) is 2.07. The van der Waals surface area contributed by atoms with Crippen LogP contribution in [0.4, 0.5) is 0 Å². The lowest BCUT2D eigenvalue weighted by molar-refractivity contribution is -0.199. The molecule has 148 valence electrons. The van der Waals surface area contributed by atoms with Gasteiger partial charge >= 0.3 is 0 Å². The Hall–Kier alpha value is -1.64. The monoisotopic (exact) mass is 376 g/mol. The normalized spacial score (nSPS) is 30.5. The number of aliphatic hydroxyl groups is 1. The van der Waals surface area contributed by atoms with E-state index in [0.717, 1.165) is 24.6 Å². The Morgan fingerprint density at radius 2 is 1.59 bits per heavy atom. The van der Waals surface area contributed by atoms with Crippen molar-refractivity contribution in [1.29, 1.82) is 0 Å². The molecule has 2 saturated heterocycles. The van der Waals surface area contributed by atoms with Gasteiger partial charge in [-0.05, 0) is 37.4 Å². The molecule has 0 saturated carbocycles. The highest BCUT2D eigenvalue weighted by atomic mass is 16.7. The molecule has 5 atom stereocenters. The highest BCUT2D eigenvalue weighted by Gasteiger charge is 2.53. The van der Waals surface area contributed by atoms with Crippen molar-refractivity contribution in [2.75, 3.05) is 19.7 Å². The van der Waals surface area contributed by atoms with Crippen molar-refractivity contribution in [2.24, 2.45) is 0 Å². The zero-order valence-corrected chi connectivity index (χ0v) is 15.9. The fraction of sp³-hybridized carbons (Fsp3) is 0.600. The van der Waals surface area contributed by atoms with Gasteiger partial charge in [0.1, 0.15) is 17.6 Å². The zero-order valence-electron chi connectivity index (χ0n) is 15.9. The number of hydrogen-bond acceptors (Lipinski definition) is 7. The van der Waals surface area contributed by atoms with Gasteiger partial charge in [-0.15, -0.1) is 0 Å². The summed E-state index contributed by atoms with van der Waals surface area (Å²) >= 11 is 0. The van der Waals surface area contributed by atoms with Crippen LogP contribution in [-0.4, -0.2) is 65.2 Å². The molecule has 0 amide bonds. The first-order valence-corrected chi connectivity index (χ1v) is 9.69. The molecule has 0 aromatic carbocycles. The van der Waals surface area contributed by atoms with Gasteiger partial charge in [-0.3, -0.25) is 9.80 Å². The summed E-state index contributed by atoms with van der Waals surface area (Å²) in [4.78, 5) is 4.39. The lowest BCUT2D eigenvalue weighted by Gasteiger charge is -2.46. The molecule has 4 heterocycles. The largest absolute Gasteiger partial charge is 0.468 e. The van der Waals surface area contributed by atoms with Gasteiger partial charge in [-0.25, -0.2) is 0 Å². The van der Waals surface area contributed by atoms with Crippen molar-refractivity contribution >= 4 is 0 Å². The van der Waals surface area contributed by atoms with Crippen LogP contribution in [0.2, 0.25) is 0 Å². The van der Waals surface area contributed by atoms with Crippen LogP contribution in [0.15, 0.2) is 45.6 Å².